The molecule has 2 rings (SSSR count). The average Bonchev–Trinajstić information content (AvgIpc) is 2.68. The topological polar surface area (TPSA) is 58.1 Å². The molecule has 6 nitrogen and oxygen atoms in total. The Balaban J connectivity index is 1.58. The third kappa shape index (κ3) is 7.22. The SMILES string of the molecule is CN=C(NCCCCN1CCOCC1)NCCc1ccc(C)c(OC)c1. The molecule has 0 aliphatic carbocycles. The van der Waals surface area contributed by atoms with Crippen LogP contribution >= 0.6 is 0 Å². The maximum absolute atomic E-state index is 5.39. The lowest BCUT2D eigenvalue weighted by atomic mass is 10.1. The fraction of sp³-hybridized carbons (Fsp3) is 0.650. The van der Waals surface area contributed by atoms with Crippen molar-refractivity contribution in [2.24, 2.45) is 4.99 Å². The highest BCUT2D eigenvalue weighted by molar-refractivity contribution is 5.79. The number of methoxy groups -OCH3 is 1. The summed E-state index contributed by atoms with van der Waals surface area (Å²) in [6.07, 6.45) is 3.29. The Labute approximate surface area is 158 Å². The fourth-order valence-electron chi connectivity index (χ4n) is 3.06. The molecule has 1 fully saturated rings. The molecule has 1 saturated heterocycles. The zero-order chi connectivity index (χ0) is 18.6. The maximum atomic E-state index is 5.39. The largest absolute Gasteiger partial charge is 0.496 e. The van der Waals surface area contributed by atoms with Gasteiger partial charge in [0.25, 0.3) is 0 Å². The number of aliphatic imine (C=N–C) groups is 1. The quantitative estimate of drug-likeness (QED) is 0.399. The van der Waals surface area contributed by atoms with Gasteiger partial charge in [0.15, 0.2) is 5.96 Å². The summed E-state index contributed by atoms with van der Waals surface area (Å²) in [5.74, 6) is 1.82. The lowest BCUT2D eigenvalue weighted by Gasteiger charge is -2.26. The molecule has 26 heavy (non-hydrogen) atoms. The minimum atomic E-state index is 0.847. The normalized spacial score (nSPS) is 15.7. The highest BCUT2D eigenvalue weighted by Crippen LogP contribution is 2.18. The number of nitrogens with one attached hydrogen (secondary N) is 2. The van der Waals surface area contributed by atoms with E-state index in [0.717, 1.165) is 70.5 Å². The van der Waals surface area contributed by atoms with Gasteiger partial charge in [-0.15, -0.1) is 0 Å². The van der Waals surface area contributed by atoms with Crippen molar-refractivity contribution < 1.29 is 9.47 Å². The molecule has 0 atom stereocenters. The summed E-state index contributed by atoms with van der Waals surface area (Å²) in [5.41, 5.74) is 2.43. The minimum absolute atomic E-state index is 0.847. The van der Waals surface area contributed by atoms with Crippen LogP contribution in [0.15, 0.2) is 23.2 Å². The molecule has 1 aromatic rings. The highest BCUT2D eigenvalue weighted by Gasteiger charge is 2.09. The number of unbranched alkanes of at least 4 members (excludes halogenated alkanes) is 1. The molecule has 1 aromatic carbocycles. The van der Waals surface area contributed by atoms with Crippen molar-refractivity contribution in [3.63, 3.8) is 0 Å². The third-order valence-corrected chi connectivity index (χ3v) is 4.70. The summed E-state index contributed by atoms with van der Waals surface area (Å²) in [5, 5.41) is 6.78. The fourth-order valence-corrected chi connectivity index (χ4v) is 3.06. The minimum Gasteiger partial charge on any atom is -0.496 e. The van der Waals surface area contributed by atoms with E-state index in [4.69, 9.17) is 9.47 Å². The highest BCUT2D eigenvalue weighted by atomic mass is 16.5. The van der Waals surface area contributed by atoms with Crippen LogP contribution in [0.5, 0.6) is 5.75 Å². The van der Waals surface area contributed by atoms with Crippen LogP contribution in [0.1, 0.15) is 24.0 Å². The van der Waals surface area contributed by atoms with E-state index in [1.807, 2.05) is 7.05 Å². The zero-order valence-corrected chi connectivity index (χ0v) is 16.5. The molecule has 0 aromatic heterocycles. The Kier molecular flexibility index (Phi) is 9.28. The van der Waals surface area contributed by atoms with Crippen LogP contribution in [0.4, 0.5) is 0 Å². The summed E-state index contributed by atoms with van der Waals surface area (Å²) in [6, 6.07) is 6.37. The zero-order valence-electron chi connectivity index (χ0n) is 16.5. The van der Waals surface area contributed by atoms with Crippen molar-refractivity contribution in [2.75, 3.05) is 60.1 Å². The van der Waals surface area contributed by atoms with Gasteiger partial charge in [-0.25, -0.2) is 0 Å². The van der Waals surface area contributed by atoms with Crippen LogP contribution < -0.4 is 15.4 Å². The Bertz CT molecular complexity index is 557. The van der Waals surface area contributed by atoms with Crippen molar-refractivity contribution in [3.8, 4) is 5.75 Å². The number of benzene rings is 1. The first-order valence-corrected chi connectivity index (χ1v) is 9.61. The van der Waals surface area contributed by atoms with E-state index in [1.165, 1.54) is 17.5 Å². The predicted molar refractivity (Wildman–Crippen MR) is 107 cm³/mol. The van der Waals surface area contributed by atoms with E-state index in [0.29, 0.717) is 0 Å². The van der Waals surface area contributed by atoms with Gasteiger partial charge in [0.1, 0.15) is 5.75 Å². The van der Waals surface area contributed by atoms with E-state index in [9.17, 15) is 0 Å². The van der Waals surface area contributed by atoms with Crippen molar-refractivity contribution >= 4 is 5.96 Å². The summed E-state index contributed by atoms with van der Waals surface area (Å²) < 4.78 is 10.8. The number of morpholine rings is 1. The second-order valence-corrected chi connectivity index (χ2v) is 6.64. The third-order valence-electron chi connectivity index (χ3n) is 4.70. The number of ether oxygens (including phenoxy) is 2. The van der Waals surface area contributed by atoms with Gasteiger partial charge < -0.3 is 20.1 Å². The molecule has 0 bridgehead atoms. The molecule has 0 unspecified atom stereocenters. The molecule has 2 N–H and O–H groups in total. The molecule has 1 aliphatic heterocycles. The van der Waals surface area contributed by atoms with Crippen molar-refractivity contribution in [2.45, 2.75) is 26.2 Å². The van der Waals surface area contributed by atoms with E-state index >= 15 is 0 Å². The Morgan fingerprint density at radius 2 is 1.96 bits per heavy atom. The molecular formula is C20H34N4O2. The van der Waals surface area contributed by atoms with Gasteiger partial charge in [0.05, 0.1) is 20.3 Å². The maximum Gasteiger partial charge on any atom is 0.190 e. The molecule has 1 aliphatic rings. The smallest absolute Gasteiger partial charge is 0.190 e. The molecule has 0 saturated carbocycles. The van der Waals surface area contributed by atoms with Gasteiger partial charge in [-0.3, -0.25) is 9.89 Å². The summed E-state index contributed by atoms with van der Waals surface area (Å²) in [6.45, 7) is 8.91. The molecule has 0 amide bonds. The number of nitrogens with zero attached hydrogens (tertiary/aromatic N) is 2. The molecular weight excluding hydrogens is 328 g/mol. The lowest BCUT2D eigenvalue weighted by Crippen LogP contribution is -2.39. The number of hydrogen-bond acceptors (Lipinski definition) is 4. The lowest BCUT2D eigenvalue weighted by molar-refractivity contribution is 0.0372. The Hall–Kier alpha value is -1.79. The van der Waals surface area contributed by atoms with Crippen molar-refractivity contribution in [3.05, 3.63) is 29.3 Å². The second kappa shape index (κ2) is 11.8. The van der Waals surface area contributed by atoms with Gasteiger partial charge in [-0.1, -0.05) is 12.1 Å². The van der Waals surface area contributed by atoms with Gasteiger partial charge in [-0.2, -0.15) is 0 Å². The Morgan fingerprint density at radius 3 is 2.69 bits per heavy atom. The van der Waals surface area contributed by atoms with Crippen LogP contribution in [0.2, 0.25) is 0 Å². The van der Waals surface area contributed by atoms with Gasteiger partial charge in [-0.05, 0) is 49.9 Å². The average molecular weight is 363 g/mol. The molecule has 0 radical (unpaired) electrons. The van der Waals surface area contributed by atoms with E-state index in [1.54, 1.807) is 7.11 Å². The van der Waals surface area contributed by atoms with Gasteiger partial charge in [0, 0.05) is 33.2 Å². The number of hydrogen-bond donors (Lipinski definition) is 2. The van der Waals surface area contributed by atoms with Crippen LogP contribution in [0, 0.1) is 6.92 Å². The molecule has 1 heterocycles. The standard InChI is InChI=1S/C20H34N4O2/c1-17-6-7-18(16-19(17)25-3)8-10-23-20(21-2)22-9-4-5-11-24-12-14-26-15-13-24/h6-7,16H,4-5,8-15H2,1-3H3,(H2,21,22,23). The van der Waals surface area contributed by atoms with Crippen LogP contribution in [-0.4, -0.2) is 71.0 Å². The van der Waals surface area contributed by atoms with Crippen LogP contribution in [0.3, 0.4) is 0 Å². The second-order valence-electron chi connectivity index (χ2n) is 6.64. The van der Waals surface area contributed by atoms with E-state index < -0.39 is 0 Å². The molecule has 0 spiro atoms. The summed E-state index contributed by atoms with van der Waals surface area (Å²) >= 11 is 0. The first kappa shape index (κ1) is 20.5. The summed E-state index contributed by atoms with van der Waals surface area (Å²) in [4.78, 5) is 6.78. The van der Waals surface area contributed by atoms with Crippen molar-refractivity contribution in [1.29, 1.82) is 0 Å². The van der Waals surface area contributed by atoms with Crippen molar-refractivity contribution in [1.82, 2.24) is 15.5 Å². The van der Waals surface area contributed by atoms with E-state index in [2.05, 4.69) is 45.6 Å². The first-order valence-electron chi connectivity index (χ1n) is 9.61. The van der Waals surface area contributed by atoms with E-state index in [-0.39, 0.29) is 0 Å². The predicted octanol–water partition coefficient (Wildman–Crippen LogP) is 1.82. The van der Waals surface area contributed by atoms with Crippen LogP contribution in [-0.2, 0) is 11.2 Å². The van der Waals surface area contributed by atoms with Gasteiger partial charge in [0.2, 0.25) is 0 Å². The summed E-state index contributed by atoms with van der Waals surface area (Å²) in [7, 11) is 3.53. The van der Waals surface area contributed by atoms with Crippen LogP contribution in [0.25, 0.3) is 0 Å². The number of guanidine groups is 1. The first-order chi connectivity index (χ1) is 12.7. The Morgan fingerprint density at radius 1 is 1.19 bits per heavy atom. The monoisotopic (exact) mass is 362 g/mol. The molecule has 146 valence electrons. The number of aryl methyl sites for hydroxylation is 1. The van der Waals surface area contributed by atoms with Gasteiger partial charge >= 0.3 is 0 Å². The molecule has 6 heteroatoms. The number of rotatable bonds is 9.